The lowest BCUT2D eigenvalue weighted by Crippen LogP contribution is -2.35. The molecule has 21 heavy (non-hydrogen) atoms. The lowest BCUT2D eigenvalue weighted by Gasteiger charge is -2.12. The van der Waals surface area contributed by atoms with E-state index in [2.05, 4.69) is 5.10 Å². The summed E-state index contributed by atoms with van der Waals surface area (Å²) < 4.78 is 0. The van der Waals surface area contributed by atoms with Crippen molar-refractivity contribution < 1.29 is 19.5 Å². The minimum atomic E-state index is -1.19. The number of carboxylic acid groups (broad SMARTS) is 1. The maximum absolute atomic E-state index is 12.0. The molecular formula is C14H15N3O4. The van der Waals surface area contributed by atoms with Crippen LogP contribution in [0.5, 0.6) is 0 Å². The molecule has 1 saturated heterocycles. The fourth-order valence-electron chi connectivity index (χ4n) is 2.32. The molecule has 1 aromatic rings. The fraction of sp³-hybridized carbons (Fsp3) is 0.286. The molecule has 7 nitrogen and oxygen atoms in total. The van der Waals surface area contributed by atoms with Crippen molar-refractivity contribution in [3.63, 3.8) is 0 Å². The van der Waals surface area contributed by atoms with Crippen LogP contribution in [0.4, 0.5) is 0 Å². The molecular weight excluding hydrogens is 274 g/mol. The highest BCUT2D eigenvalue weighted by molar-refractivity contribution is 6.05. The topological polar surface area (TPSA) is 113 Å². The maximum atomic E-state index is 12.0. The van der Waals surface area contributed by atoms with E-state index in [1.165, 1.54) is 6.21 Å². The summed E-state index contributed by atoms with van der Waals surface area (Å²) in [7, 11) is 0. The van der Waals surface area contributed by atoms with E-state index in [1.807, 2.05) is 24.3 Å². The standard InChI is InChI=1S/C14H15N3O4/c15-16-7-10-3-1-9(2-4-10)5-11-6-12(18)17(14(11)21)8-13(19)20/h1-4,7,11H,5-6,8,15H2,(H,19,20). The number of amides is 2. The molecule has 0 spiro atoms. The first-order valence-electron chi connectivity index (χ1n) is 6.39. The Morgan fingerprint density at radius 1 is 1.38 bits per heavy atom. The molecule has 1 unspecified atom stereocenters. The van der Waals surface area contributed by atoms with Crippen molar-refractivity contribution in [1.82, 2.24) is 4.90 Å². The first-order chi connectivity index (χ1) is 10.0. The van der Waals surface area contributed by atoms with Crippen LogP contribution in [0.15, 0.2) is 29.4 Å². The van der Waals surface area contributed by atoms with Crippen molar-refractivity contribution in [2.24, 2.45) is 16.9 Å². The predicted octanol–water partition coefficient (Wildman–Crippen LogP) is -0.0186. The molecule has 3 N–H and O–H groups in total. The number of aliphatic carboxylic acids is 1. The van der Waals surface area contributed by atoms with E-state index in [-0.39, 0.29) is 6.42 Å². The third kappa shape index (κ3) is 3.44. The maximum Gasteiger partial charge on any atom is 0.323 e. The summed E-state index contributed by atoms with van der Waals surface area (Å²) in [5, 5.41) is 12.1. The highest BCUT2D eigenvalue weighted by Gasteiger charge is 2.39. The van der Waals surface area contributed by atoms with Gasteiger partial charge in [0.1, 0.15) is 6.54 Å². The number of hydrogen-bond acceptors (Lipinski definition) is 5. The largest absolute Gasteiger partial charge is 0.480 e. The van der Waals surface area contributed by atoms with Crippen LogP contribution in [-0.2, 0) is 20.8 Å². The molecule has 1 heterocycles. The lowest BCUT2D eigenvalue weighted by atomic mass is 9.97. The summed E-state index contributed by atoms with van der Waals surface area (Å²) in [4.78, 5) is 35.1. The Morgan fingerprint density at radius 2 is 2.05 bits per heavy atom. The van der Waals surface area contributed by atoms with Crippen molar-refractivity contribution >= 4 is 24.0 Å². The van der Waals surface area contributed by atoms with E-state index in [9.17, 15) is 14.4 Å². The second-order valence-electron chi connectivity index (χ2n) is 4.84. The Morgan fingerprint density at radius 3 is 2.62 bits per heavy atom. The highest BCUT2D eigenvalue weighted by Crippen LogP contribution is 2.23. The summed E-state index contributed by atoms with van der Waals surface area (Å²) in [6, 6.07) is 7.27. The van der Waals surface area contributed by atoms with Crippen molar-refractivity contribution in [2.75, 3.05) is 6.54 Å². The number of benzene rings is 1. The quantitative estimate of drug-likeness (QED) is 0.342. The third-order valence-corrected chi connectivity index (χ3v) is 3.32. The highest BCUT2D eigenvalue weighted by atomic mass is 16.4. The smallest absolute Gasteiger partial charge is 0.323 e. The van der Waals surface area contributed by atoms with E-state index in [0.29, 0.717) is 6.42 Å². The van der Waals surface area contributed by atoms with Gasteiger partial charge in [0, 0.05) is 6.42 Å². The lowest BCUT2D eigenvalue weighted by molar-refractivity contribution is -0.149. The zero-order chi connectivity index (χ0) is 15.4. The van der Waals surface area contributed by atoms with Crippen LogP contribution in [0.2, 0.25) is 0 Å². The molecule has 2 rings (SSSR count). The number of carboxylic acids is 1. The molecule has 0 saturated carbocycles. The van der Waals surface area contributed by atoms with Gasteiger partial charge in [-0.25, -0.2) is 0 Å². The van der Waals surface area contributed by atoms with Gasteiger partial charge >= 0.3 is 5.97 Å². The number of nitrogens with zero attached hydrogens (tertiary/aromatic N) is 2. The van der Waals surface area contributed by atoms with Crippen molar-refractivity contribution in [3.05, 3.63) is 35.4 Å². The number of hydrazone groups is 1. The first-order valence-corrected chi connectivity index (χ1v) is 6.39. The van der Waals surface area contributed by atoms with Crippen LogP contribution in [0.25, 0.3) is 0 Å². The van der Waals surface area contributed by atoms with Gasteiger partial charge in [-0.1, -0.05) is 24.3 Å². The van der Waals surface area contributed by atoms with Crippen molar-refractivity contribution in [3.8, 4) is 0 Å². The Balaban J connectivity index is 2.05. The molecule has 2 amide bonds. The monoisotopic (exact) mass is 289 g/mol. The molecule has 1 fully saturated rings. The molecule has 0 bridgehead atoms. The molecule has 0 aliphatic carbocycles. The zero-order valence-corrected chi connectivity index (χ0v) is 11.2. The molecule has 110 valence electrons. The van der Waals surface area contributed by atoms with Gasteiger partial charge in [0.25, 0.3) is 0 Å². The van der Waals surface area contributed by atoms with Gasteiger partial charge in [0.05, 0.1) is 12.1 Å². The van der Waals surface area contributed by atoms with Crippen LogP contribution in [0, 0.1) is 5.92 Å². The van der Waals surface area contributed by atoms with Crippen LogP contribution in [-0.4, -0.2) is 40.5 Å². The van der Waals surface area contributed by atoms with Gasteiger partial charge in [-0.2, -0.15) is 5.10 Å². The number of rotatable bonds is 5. The van der Waals surface area contributed by atoms with E-state index in [1.54, 1.807) is 0 Å². The van der Waals surface area contributed by atoms with Crippen LogP contribution in [0.3, 0.4) is 0 Å². The van der Waals surface area contributed by atoms with Crippen molar-refractivity contribution in [2.45, 2.75) is 12.8 Å². The summed E-state index contributed by atoms with van der Waals surface area (Å²) in [5.41, 5.74) is 1.73. The molecule has 1 aliphatic heterocycles. The average Bonchev–Trinajstić information content (AvgIpc) is 2.69. The van der Waals surface area contributed by atoms with Gasteiger partial charge in [0.15, 0.2) is 0 Å². The van der Waals surface area contributed by atoms with Crippen LogP contribution >= 0.6 is 0 Å². The van der Waals surface area contributed by atoms with Gasteiger partial charge in [-0.3, -0.25) is 19.3 Å². The number of hydrogen-bond donors (Lipinski definition) is 2. The predicted molar refractivity (Wildman–Crippen MR) is 74.4 cm³/mol. The molecule has 1 aromatic carbocycles. The second-order valence-corrected chi connectivity index (χ2v) is 4.84. The summed E-state index contributed by atoms with van der Waals surface area (Å²) in [5.74, 6) is 2.51. The summed E-state index contributed by atoms with van der Waals surface area (Å²) in [6.07, 6.45) is 1.96. The minimum absolute atomic E-state index is 0.0537. The molecule has 0 aromatic heterocycles. The number of carbonyl (C=O) groups is 3. The number of imide groups is 1. The summed E-state index contributed by atoms with van der Waals surface area (Å²) in [6.45, 7) is -0.569. The van der Waals surface area contributed by atoms with E-state index in [0.717, 1.165) is 16.0 Å². The zero-order valence-electron chi connectivity index (χ0n) is 11.2. The Kier molecular flexibility index (Phi) is 4.32. The van der Waals surface area contributed by atoms with Crippen LogP contribution < -0.4 is 5.84 Å². The number of nitrogens with two attached hydrogens (primary N) is 1. The summed E-state index contributed by atoms with van der Waals surface area (Å²) >= 11 is 0. The Bertz CT molecular complexity index is 595. The minimum Gasteiger partial charge on any atom is -0.480 e. The van der Waals surface area contributed by atoms with E-state index < -0.39 is 30.2 Å². The van der Waals surface area contributed by atoms with Gasteiger partial charge in [-0.05, 0) is 17.5 Å². The number of likely N-dealkylation sites (tertiary alicyclic amines) is 1. The average molecular weight is 289 g/mol. The van der Waals surface area contributed by atoms with Gasteiger partial charge in [0.2, 0.25) is 11.8 Å². The fourth-order valence-corrected chi connectivity index (χ4v) is 2.32. The molecule has 0 radical (unpaired) electrons. The number of carbonyl (C=O) groups excluding carboxylic acids is 2. The van der Waals surface area contributed by atoms with Crippen LogP contribution in [0.1, 0.15) is 17.5 Å². The third-order valence-electron chi connectivity index (χ3n) is 3.32. The normalized spacial score (nSPS) is 18.7. The second kappa shape index (κ2) is 6.17. The van der Waals surface area contributed by atoms with Gasteiger partial charge < -0.3 is 10.9 Å². The van der Waals surface area contributed by atoms with Crippen molar-refractivity contribution in [1.29, 1.82) is 0 Å². The molecule has 1 aliphatic rings. The first kappa shape index (κ1) is 14.7. The Labute approximate surface area is 121 Å². The molecule has 7 heteroatoms. The van der Waals surface area contributed by atoms with Gasteiger partial charge in [-0.15, -0.1) is 0 Å². The van der Waals surface area contributed by atoms with E-state index >= 15 is 0 Å². The van der Waals surface area contributed by atoms with E-state index in [4.69, 9.17) is 10.9 Å². The Hall–Kier alpha value is -2.70. The molecule has 1 atom stereocenters. The SMILES string of the molecule is NN=Cc1ccc(CC2CC(=O)N(CC(=O)O)C2=O)cc1.